The fraction of sp³-hybridized carbons (Fsp3) is 0.174. The molecule has 0 amide bonds. The zero-order chi connectivity index (χ0) is 22.9. The number of benzene rings is 3. The third-order valence-electron chi connectivity index (χ3n) is 4.54. The molecule has 0 aliphatic heterocycles. The van der Waals surface area contributed by atoms with E-state index in [1.54, 1.807) is 25.1 Å². The number of nitrogens with zero attached hydrogens (tertiary/aromatic N) is 1. The first-order valence-corrected chi connectivity index (χ1v) is 9.38. The van der Waals surface area contributed by atoms with E-state index in [1.165, 1.54) is 25.1 Å². The van der Waals surface area contributed by atoms with Crippen molar-refractivity contribution in [2.45, 2.75) is 26.9 Å². The molecule has 2 nitrogen and oxygen atoms in total. The van der Waals surface area contributed by atoms with E-state index >= 15 is 0 Å². The quantitative estimate of drug-likeness (QED) is 0.135. The molecule has 0 unspecified atom stereocenters. The van der Waals surface area contributed by atoms with Crippen LogP contribution in [0.15, 0.2) is 41.4 Å². The number of aryl methyl sites for hydroxylation is 3. The molecule has 3 rings (SSSR count). The van der Waals surface area contributed by atoms with Crippen molar-refractivity contribution in [2.24, 2.45) is 4.99 Å². The summed E-state index contributed by atoms with van der Waals surface area (Å²) in [4.78, 5) is 3.21. The molecular weight excluding hydrogens is 572 g/mol. The second-order valence-electron chi connectivity index (χ2n) is 6.94. The van der Waals surface area contributed by atoms with Crippen LogP contribution in [0.25, 0.3) is 11.1 Å². The van der Waals surface area contributed by atoms with E-state index in [2.05, 4.69) is 28.0 Å². The van der Waals surface area contributed by atoms with Gasteiger partial charge in [-0.25, -0.2) is 13.2 Å². The van der Waals surface area contributed by atoms with Crippen LogP contribution in [-0.2, 0) is 6.11 Å². The van der Waals surface area contributed by atoms with Gasteiger partial charge >= 0.3 is 6.11 Å². The molecule has 0 atom stereocenters. The van der Waals surface area contributed by atoms with Crippen LogP contribution in [0.2, 0.25) is 0 Å². The number of rotatable bonds is 5. The van der Waals surface area contributed by atoms with E-state index in [1.807, 2.05) is 0 Å². The van der Waals surface area contributed by atoms with Gasteiger partial charge in [0, 0.05) is 47.7 Å². The van der Waals surface area contributed by atoms with Gasteiger partial charge in [-0.1, -0.05) is 18.6 Å². The average Bonchev–Trinajstić information content (AvgIpc) is 2.63. The van der Waals surface area contributed by atoms with Gasteiger partial charge in [-0.2, -0.15) is 32.0 Å². The summed E-state index contributed by atoms with van der Waals surface area (Å²) in [5, 5.41) is 1.80. The molecule has 0 saturated heterocycles. The third kappa shape index (κ3) is 5.53. The van der Waals surface area contributed by atoms with Gasteiger partial charge < -0.3 is 4.74 Å². The zero-order valence-electron chi connectivity index (χ0n) is 17.2. The first-order chi connectivity index (χ1) is 14.5. The van der Waals surface area contributed by atoms with E-state index in [-0.39, 0.29) is 46.7 Å². The topological polar surface area (TPSA) is 21.6 Å². The van der Waals surface area contributed by atoms with Crippen LogP contribution in [0.5, 0.6) is 5.75 Å². The molecule has 1 radical (unpaired) electrons. The number of hydrogen-bond acceptors (Lipinski definition) is 3. The first kappa shape index (κ1) is 26.4. The number of aliphatic imine (C=N–C) groups is 1. The molecular formula is C23H15F5LaNOS-. The molecule has 0 spiro atoms. The molecule has 0 heterocycles. The zero-order valence-corrected chi connectivity index (χ0v) is 21.6. The molecule has 0 saturated carbocycles. The maximum atomic E-state index is 14.7. The maximum absolute atomic E-state index is 14.7. The monoisotopic (exact) mass is 587 g/mol. The molecule has 3 aromatic carbocycles. The minimum Gasteiger partial charge on any atom is -0.430 e. The van der Waals surface area contributed by atoms with Crippen molar-refractivity contribution in [3.8, 4) is 16.9 Å². The maximum Gasteiger partial charge on any atom is 0.403 e. The van der Waals surface area contributed by atoms with Crippen molar-refractivity contribution in [1.29, 1.82) is 0 Å². The Morgan fingerprint density at radius 3 is 2.09 bits per heavy atom. The van der Waals surface area contributed by atoms with Crippen LogP contribution in [0.4, 0.5) is 27.6 Å². The van der Waals surface area contributed by atoms with Gasteiger partial charge in [-0.15, -0.1) is 11.1 Å². The van der Waals surface area contributed by atoms with Crippen molar-refractivity contribution < 1.29 is 62.3 Å². The number of ether oxygens (including phenoxy) is 1. The van der Waals surface area contributed by atoms with Crippen molar-refractivity contribution in [2.75, 3.05) is 0 Å². The normalized spacial score (nSPS) is 10.9. The number of isothiocyanates is 1. The van der Waals surface area contributed by atoms with Gasteiger partial charge in [-0.3, -0.25) is 0 Å². The van der Waals surface area contributed by atoms with Gasteiger partial charge in [0.25, 0.3) is 0 Å². The fourth-order valence-corrected chi connectivity index (χ4v) is 3.39. The Hall–Kier alpha value is -1.90. The smallest absolute Gasteiger partial charge is 0.403 e. The van der Waals surface area contributed by atoms with Crippen molar-refractivity contribution >= 4 is 23.1 Å². The Labute approximate surface area is 215 Å². The predicted octanol–water partition coefficient (Wildman–Crippen LogP) is 7.36. The largest absolute Gasteiger partial charge is 0.430 e. The minimum absolute atomic E-state index is 0. The number of halogens is 5. The second kappa shape index (κ2) is 10.4. The van der Waals surface area contributed by atoms with E-state index < -0.39 is 40.6 Å². The number of alkyl halides is 2. The van der Waals surface area contributed by atoms with Gasteiger partial charge in [-0.05, 0) is 48.8 Å². The van der Waals surface area contributed by atoms with Gasteiger partial charge in [0.2, 0.25) is 0 Å². The van der Waals surface area contributed by atoms with Gasteiger partial charge in [0.15, 0.2) is 11.6 Å². The molecule has 0 N–H and O–H groups in total. The second-order valence-corrected chi connectivity index (χ2v) is 7.13. The van der Waals surface area contributed by atoms with Gasteiger partial charge in [0.1, 0.15) is 17.3 Å². The molecule has 0 bridgehead atoms. The van der Waals surface area contributed by atoms with Crippen molar-refractivity contribution in [3.05, 3.63) is 82.2 Å². The first-order valence-electron chi connectivity index (χ1n) is 8.97. The SMILES string of the molecule is Cc1cc(C)c(-c2c[c-]c(C(F)(F)Oc3cc(F)c(N=C=S)c(F)c3)c(C)c2)c(F)c1.[La]. The van der Waals surface area contributed by atoms with E-state index in [0.717, 1.165) is 5.56 Å². The molecule has 0 fully saturated rings. The summed E-state index contributed by atoms with van der Waals surface area (Å²) in [6.07, 6.45) is -3.96. The standard InChI is InChI=1S/C23H15F5NOS.La/c1-12-6-14(3)21(18(24)7-12)15-4-5-17(13(2)8-15)23(27,28)30-16-9-19(25)22(29-11-31)20(26)10-16;/h4,6-10H,1-3H3;/q-1;. The Bertz CT molecular complexity index is 1180. The minimum atomic E-state index is -3.96. The molecule has 0 aliphatic rings. The fourth-order valence-electron chi connectivity index (χ4n) is 3.30. The number of hydrogen-bond donors (Lipinski definition) is 0. The van der Waals surface area contributed by atoms with Crippen LogP contribution < -0.4 is 4.74 Å². The van der Waals surface area contributed by atoms with Crippen LogP contribution in [-0.4, -0.2) is 5.16 Å². The van der Waals surface area contributed by atoms with Crippen molar-refractivity contribution in [1.82, 2.24) is 0 Å². The summed E-state index contributed by atoms with van der Waals surface area (Å²) >= 11 is 4.29. The summed E-state index contributed by atoms with van der Waals surface area (Å²) < 4.78 is 76.3. The molecule has 3 aromatic rings. The van der Waals surface area contributed by atoms with Crippen LogP contribution in [0.1, 0.15) is 22.3 Å². The molecule has 163 valence electrons. The van der Waals surface area contributed by atoms with Gasteiger partial charge in [0.05, 0.1) is 5.16 Å². The summed E-state index contributed by atoms with van der Waals surface area (Å²) in [7, 11) is 0. The number of thiocarbonyl (C=S) groups is 1. The Morgan fingerprint density at radius 2 is 1.56 bits per heavy atom. The summed E-state index contributed by atoms with van der Waals surface area (Å²) in [6, 6.07) is 9.28. The predicted molar refractivity (Wildman–Crippen MR) is 110 cm³/mol. The van der Waals surface area contributed by atoms with E-state index in [0.29, 0.717) is 23.3 Å². The van der Waals surface area contributed by atoms with Crippen LogP contribution in [0.3, 0.4) is 0 Å². The Kier molecular flexibility index (Phi) is 8.53. The van der Waals surface area contributed by atoms with Crippen LogP contribution in [0, 0.1) is 79.9 Å². The molecule has 32 heavy (non-hydrogen) atoms. The molecule has 0 aliphatic carbocycles. The Balaban J connectivity index is 0.00000363. The Morgan fingerprint density at radius 1 is 0.938 bits per heavy atom. The van der Waals surface area contributed by atoms with E-state index in [4.69, 9.17) is 0 Å². The van der Waals surface area contributed by atoms with Crippen LogP contribution >= 0.6 is 12.2 Å². The average molecular weight is 587 g/mol. The summed E-state index contributed by atoms with van der Waals surface area (Å²) in [6.45, 7) is 4.84. The van der Waals surface area contributed by atoms with E-state index in [9.17, 15) is 22.0 Å². The van der Waals surface area contributed by atoms with Crippen molar-refractivity contribution in [3.63, 3.8) is 0 Å². The summed E-state index contributed by atoms with van der Waals surface area (Å²) in [5.41, 5.74) is 0.677. The molecule has 0 aromatic heterocycles. The third-order valence-corrected chi connectivity index (χ3v) is 4.63. The summed E-state index contributed by atoms with van der Waals surface area (Å²) in [5.74, 6) is -3.69. The molecule has 9 heteroatoms.